The van der Waals surface area contributed by atoms with Crippen molar-refractivity contribution in [1.29, 1.82) is 0 Å². The molecule has 0 spiro atoms. The van der Waals surface area contributed by atoms with Crippen LogP contribution < -0.4 is 122 Å². The van der Waals surface area contributed by atoms with E-state index >= 15 is 0 Å². The number of methoxy groups -OCH3 is 2. The second-order valence-electron chi connectivity index (χ2n) is 4.66. The summed E-state index contributed by atoms with van der Waals surface area (Å²) < 4.78 is 38.0. The Bertz CT molecular complexity index is 773. The zero-order chi connectivity index (χ0) is 21.1. The predicted octanol–water partition coefficient (Wildman–Crippen LogP) is -4.25. The third kappa shape index (κ3) is 13.0. The van der Waals surface area contributed by atoms with E-state index in [0.717, 1.165) is 0 Å². The largest absolute Gasteiger partial charge is 1.00 e. The zero-order valence-corrected chi connectivity index (χ0v) is 24.6. The zero-order valence-electron chi connectivity index (χ0n) is 16.6. The maximum absolute atomic E-state index is 11.0. The third-order valence-corrected chi connectivity index (χ3v) is 3.63. The van der Waals surface area contributed by atoms with E-state index in [4.69, 9.17) is 0 Å². The minimum absolute atomic E-state index is 0. The molecule has 148 valence electrons. The Balaban J connectivity index is 0. The maximum Gasteiger partial charge on any atom is 1.00 e. The maximum atomic E-state index is 11.0. The van der Waals surface area contributed by atoms with Crippen molar-refractivity contribution in [2.45, 2.75) is 0 Å². The quantitative estimate of drug-likeness (QED) is 0.214. The van der Waals surface area contributed by atoms with Gasteiger partial charge in [0.2, 0.25) is 0 Å². The summed E-state index contributed by atoms with van der Waals surface area (Å²) in [6.45, 7) is 0. The van der Waals surface area contributed by atoms with Gasteiger partial charge in [0.25, 0.3) is 0 Å². The van der Waals surface area contributed by atoms with Crippen LogP contribution in [0, 0.1) is 0 Å². The van der Waals surface area contributed by atoms with E-state index in [-0.39, 0.29) is 114 Å². The van der Waals surface area contributed by atoms with E-state index < -0.39 is 28.4 Å². The molecular formula is C16H14K2O10P2+2. The Labute approximate surface area is 259 Å². The van der Waals surface area contributed by atoms with Crippen LogP contribution in [0.3, 0.4) is 0 Å². The molecule has 0 aromatic heterocycles. The van der Waals surface area contributed by atoms with Crippen LogP contribution in [0.1, 0.15) is 20.7 Å². The van der Waals surface area contributed by atoms with Crippen LogP contribution in [-0.4, -0.2) is 26.2 Å². The molecule has 0 fully saturated rings. The van der Waals surface area contributed by atoms with Crippen LogP contribution in [0.5, 0.6) is 11.5 Å². The third-order valence-electron chi connectivity index (χ3n) is 2.91. The number of benzene rings is 2. The molecule has 2 rings (SSSR count). The van der Waals surface area contributed by atoms with Crippen molar-refractivity contribution in [2.75, 3.05) is 14.2 Å². The molecule has 2 aromatic rings. The van der Waals surface area contributed by atoms with Crippen molar-refractivity contribution in [3.05, 3.63) is 59.7 Å². The molecule has 2 aromatic carbocycles. The van der Waals surface area contributed by atoms with Gasteiger partial charge in [-0.15, -0.1) is 0 Å². The molecule has 2 unspecified atom stereocenters. The smallest absolute Gasteiger partial charge is 0.558 e. The number of carbonyl (C=O) groups is 2. The van der Waals surface area contributed by atoms with Gasteiger partial charge in [0.15, 0.2) is 11.5 Å². The SMILES string of the molecule is COC(=O)c1ccc(O[P+](=O)[O-])cc1.COC(=O)c1ccc(O[P+](=O)[O-])cc1.[K+].[K+]. The Kier molecular flexibility index (Phi) is 19.4. The standard InChI is InChI=1S/2C8H7O5P.2K/c2*1-12-8(9)6-2-4-7(5-3-6)13-14(10)11;;/h2*2-5H,1H3;;/q;;2*+1. The van der Waals surface area contributed by atoms with E-state index in [0.29, 0.717) is 11.1 Å². The van der Waals surface area contributed by atoms with Crippen LogP contribution in [0.15, 0.2) is 48.5 Å². The second kappa shape index (κ2) is 17.9. The van der Waals surface area contributed by atoms with E-state index in [2.05, 4.69) is 18.5 Å². The van der Waals surface area contributed by atoms with Gasteiger partial charge < -0.3 is 19.3 Å². The minimum atomic E-state index is -2.92. The molecule has 0 aliphatic rings. The van der Waals surface area contributed by atoms with Crippen LogP contribution in [-0.2, 0) is 18.6 Å². The van der Waals surface area contributed by atoms with Crippen molar-refractivity contribution < 1.29 is 150 Å². The second-order valence-corrected chi connectivity index (χ2v) is 5.92. The van der Waals surface area contributed by atoms with Crippen molar-refractivity contribution in [3.63, 3.8) is 0 Å². The van der Waals surface area contributed by atoms with Crippen molar-refractivity contribution in [3.8, 4) is 11.5 Å². The van der Waals surface area contributed by atoms with Crippen molar-refractivity contribution in [1.82, 2.24) is 0 Å². The first-order chi connectivity index (χ1) is 13.3. The molecule has 10 nitrogen and oxygen atoms in total. The first kappa shape index (κ1) is 32.6. The van der Waals surface area contributed by atoms with Gasteiger partial charge in [-0.05, 0) is 57.7 Å². The Hall–Kier alpha value is 0.373. The summed E-state index contributed by atoms with van der Waals surface area (Å²) in [6.07, 6.45) is 0. The minimum Gasteiger partial charge on any atom is -0.558 e. The number of rotatable bonds is 6. The van der Waals surface area contributed by atoms with Gasteiger partial charge >= 0.3 is 131 Å². The molecule has 0 aliphatic carbocycles. The van der Waals surface area contributed by atoms with E-state index in [1.807, 2.05) is 0 Å². The number of carbonyl (C=O) groups excluding carboxylic acids is 2. The van der Waals surface area contributed by atoms with Crippen molar-refractivity contribution >= 4 is 28.4 Å². The van der Waals surface area contributed by atoms with Gasteiger partial charge in [0.05, 0.1) is 25.3 Å². The number of ether oxygens (including phenoxy) is 2. The summed E-state index contributed by atoms with van der Waals surface area (Å²) in [5.41, 5.74) is 0.668. The molecule has 0 saturated heterocycles. The summed E-state index contributed by atoms with van der Waals surface area (Å²) in [5, 5.41) is 0. The molecule has 0 saturated carbocycles. The summed E-state index contributed by atoms with van der Waals surface area (Å²) in [7, 11) is -3.31. The fraction of sp³-hybridized carbons (Fsp3) is 0.125. The van der Waals surface area contributed by atoms with E-state index in [1.54, 1.807) is 0 Å². The fourth-order valence-electron chi connectivity index (χ4n) is 1.71. The van der Waals surface area contributed by atoms with Gasteiger partial charge in [-0.3, -0.25) is 9.05 Å². The Morgan fingerprint density at radius 2 is 0.933 bits per heavy atom. The summed E-state index contributed by atoms with van der Waals surface area (Å²) in [6, 6.07) is 11.2. The molecular weight excluding hydrogens is 492 g/mol. The molecule has 0 radical (unpaired) electrons. The topological polar surface area (TPSA) is 151 Å². The first-order valence-electron chi connectivity index (χ1n) is 7.28. The van der Waals surface area contributed by atoms with Crippen LogP contribution >= 0.6 is 16.5 Å². The van der Waals surface area contributed by atoms with Gasteiger partial charge in [0.1, 0.15) is 0 Å². The molecule has 14 heteroatoms. The Morgan fingerprint density at radius 1 is 0.667 bits per heavy atom. The van der Waals surface area contributed by atoms with Crippen LogP contribution in [0.25, 0.3) is 0 Å². The fourth-order valence-corrected chi connectivity index (χ4v) is 2.30. The molecule has 2 atom stereocenters. The number of hydrogen-bond donors (Lipinski definition) is 0. The van der Waals surface area contributed by atoms with Gasteiger partial charge in [-0.1, -0.05) is 0 Å². The monoisotopic (exact) mass is 506 g/mol. The summed E-state index contributed by atoms with van der Waals surface area (Å²) >= 11 is 0. The summed E-state index contributed by atoms with van der Waals surface area (Å²) in [4.78, 5) is 42.3. The Morgan fingerprint density at radius 3 is 1.13 bits per heavy atom. The molecule has 0 amide bonds. The molecule has 0 N–H and O–H groups in total. The van der Waals surface area contributed by atoms with Crippen molar-refractivity contribution in [2.24, 2.45) is 0 Å². The summed E-state index contributed by atoms with van der Waals surface area (Å²) in [5.74, 6) is -0.645. The normalized spacial score (nSPS) is 9.87. The molecule has 30 heavy (non-hydrogen) atoms. The van der Waals surface area contributed by atoms with Gasteiger partial charge in [-0.25, -0.2) is 9.59 Å². The predicted molar refractivity (Wildman–Crippen MR) is 92.0 cm³/mol. The first-order valence-corrected chi connectivity index (χ1v) is 9.47. The van der Waals surface area contributed by atoms with Gasteiger partial charge in [-0.2, -0.15) is 0 Å². The van der Waals surface area contributed by atoms with Crippen LogP contribution in [0.4, 0.5) is 0 Å². The average Bonchev–Trinajstić information content (AvgIpc) is 2.67. The van der Waals surface area contributed by atoms with Gasteiger partial charge in [0, 0.05) is 0 Å². The van der Waals surface area contributed by atoms with E-state index in [1.165, 1.54) is 62.8 Å². The van der Waals surface area contributed by atoms with E-state index in [9.17, 15) is 28.5 Å². The average molecular weight is 506 g/mol. The number of esters is 2. The molecule has 0 heterocycles. The van der Waals surface area contributed by atoms with Crippen LogP contribution in [0.2, 0.25) is 0 Å². The number of hydrogen-bond acceptors (Lipinski definition) is 10. The molecule has 0 aliphatic heterocycles. The molecule has 0 bridgehead atoms.